The van der Waals surface area contributed by atoms with Gasteiger partial charge in [-0.25, -0.2) is 0 Å². The fraction of sp³-hybridized carbons (Fsp3) is 0.333. The molecule has 0 aliphatic carbocycles. The molecule has 0 aliphatic heterocycles. The van der Waals surface area contributed by atoms with Crippen LogP contribution in [0.15, 0.2) is 18.2 Å². The Kier molecular flexibility index (Phi) is 3.22. The van der Waals surface area contributed by atoms with Gasteiger partial charge in [0, 0.05) is 25.9 Å². The number of hydrogen-bond donors (Lipinski definition) is 0. The SMILES string of the molecule is Cc1ccc(-c2sc(C)cc2CCF)s1. The van der Waals surface area contributed by atoms with Gasteiger partial charge in [-0.15, -0.1) is 22.7 Å². The number of aryl methyl sites for hydroxylation is 3. The van der Waals surface area contributed by atoms with Gasteiger partial charge in [0.05, 0.1) is 6.67 Å². The van der Waals surface area contributed by atoms with Crippen LogP contribution in [0.2, 0.25) is 0 Å². The van der Waals surface area contributed by atoms with Gasteiger partial charge >= 0.3 is 0 Å². The van der Waals surface area contributed by atoms with Crippen molar-refractivity contribution >= 4 is 22.7 Å². The number of thiophene rings is 2. The minimum absolute atomic E-state index is 0.270. The molecule has 0 bridgehead atoms. The van der Waals surface area contributed by atoms with Crippen LogP contribution in [0.3, 0.4) is 0 Å². The van der Waals surface area contributed by atoms with Crippen molar-refractivity contribution in [2.75, 3.05) is 6.67 Å². The molecule has 0 atom stereocenters. The second-order valence-corrected chi connectivity index (χ2v) is 6.10. The van der Waals surface area contributed by atoms with Gasteiger partial charge in [0.15, 0.2) is 0 Å². The summed E-state index contributed by atoms with van der Waals surface area (Å²) in [6.07, 6.45) is 0.538. The van der Waals surface area contributed by atoms with E-state index in [-0.39, 0.29) is 6.67 Å². The van der Waals surface area contributed by atoms with E-state index in [0.29, 0.717) is 6.42 Å². The normalized spacial score (nSPS) is 10.9. The molecule has 0 saturated heterocycles. The van der Waals surface area contributed by atoms with Crippen molar-refractivity contribution in [2.45, 2.75) is 20.3 Å². The molecule has 0 amide bonds. The van der Waals surface area contributed by atoms with E-state index in [0.717, 1.165) is 5.56 Å². The highest BCUT2D eigenvalue weighted by atomic mass is 32.1. The van der Waals surface area contributed by atoms with Gasteiger partial charge in [-0.2, -0.15) is 0 Å². The number of hydrogen-bond acceptors (Lipinski definition) is 2. The molecule has 2 rings (SSSR count). The molecule has 2 aromatic heterocycles. The van der Waals surface area contributed by atoms with Crippen LogP contribution in [0.4, 0.5) is 4.39 Å². The third kappa shape index (κ3) is 2.29. The zero-order chi connectivity index (χ0) is 10.8. The Morgan fingerprint density at radius 1 is 1.13 bits per heavy atom. The fourth-order valence-electron chi connectivity index (χ4n) is 1.62. The van der Waals surface area contributed by atoms with Crippen molar-refractivity contribution in [3.05, 3.63) is 33.5 Å². The van der Waals surface area contributed by atoms with E-state index in [2.05, 4.69) is 32.0 Å². The Morgan fingerprint density at radius 3 is 2.53 bits per heavy atom. The van der Waals surface area contributed by atoms with Gasteiger partial charge in [-0.05, 0) is 37.6 Å². The minimum atomic E-state index is -0.270. The number of halogens is 1. The van der Waals surface area contributed by atoms with E-state index < -0.39 is 0 Å². The highest BCUT2D eigenvalue weighted by Gasteiger charge is 2.10. The lowest BCUT2D eigenvalue weighted by Crippen LogP contribution is -1.84. The van der Waals surface area contributed by atoms with Crippen LogP contribution in [-0.2, 0) is 6.42 Å². The summed E-state index contributed by atoms with van der Waals surface area (Å²) in [5, 5.41) is 0. The summed E-state index contributed by atoms with van der Waals surface area (Å²) < 4.78 is 12.4. The topological polar surface area (TPSA) is 0 Å². The summed E-state index contributed by atoms with van der Waals surface area (Å²) in [6, 6.07) is 6.36. The van der Waals surface area contributed by atoms with Crippen molar-refractivity contribution < 1.29 is 4.39 Å². The number of rotatable bonds is 3. The lowest BCUT2D eigenvalue weighted by molar-refractivity contribution is 0.496. The average molecular weight is 240 g/mol. The van der Waals surface area contributed by atoms with Crippen molar-refractivity contribution in [3.8, 4) is 9.75 Å². The van der Waals surface area contributed by atoms with Crippen LogP contribution in [0.25, 0.3) is 9.75 Å². The van der Waals surface area contributed by atoms with Gasteiger partial charge in [0.1, 0.15) is 0 Å². The van der Waals surface area contributed by atoms with Crippen LogP contribution in [0.1, 0.15) is 15.3 Å². The maximum Gasteiger partial charge on any atom is 0.0935 e. The number of alkyl halides is 1. The third-order valence-corrected chi connectivity index (χ3v) is 4.53. The predicted octanol–water partition coefficient (Wildman–Crippen LogP) is 4.61. The minimum Gasteiger partial charge on any atom is -0.251 e. The molecule has 0 aromatic carbocycles. The summed E-state index contributed by atoms with van der Waals surface area (Å²) in [7, 11) is 0. The molecule has 2 aromatic rings. The first-order valence-corrected chi connectivity index (χ1v) is 6.56. The summed E-state index contributed by atoms with van der Waals surface area (Å²) in [6.45, 7) is 3.91. The first-order chi connectivity index (χ1) is 7.20. The molecular formula is C12H13FS2. The Morgan fingerprint density at radius 2 is 1.93 bits per heavy atom. The molecule has 80 valence electrons. The fourth-order valence-corrected chi connectivity index (χ4v) is 3.70. The molecule has 0 aliphatic rings. The summed E-state index contributed by atoms with van der Waals surface area (Å²) in [4.78, 5) is 5.10. The molecule has 0 N–H and O–H groups in total. The van der Waals surface area contributed by atoms with Crippen LogP contribution in [0, 0.1) is 13.8 Å². The molecule has 0 saturated carbocycles. The Bertz CT molecular complexity index is 454. The first-order valence-electron chi connectivity index (χ1n) is 4.93. The highest BCUT2D eigenvalue weighted by Crippen LogP contribution is 2.36. The first kappa shape index (κ1) is 10.8. The molecular weight excluding hydrogens is 227 g/mol. The van der Waals surface area contributed by atoms with Gasteiger partial charge in [0.25, 0.3) is 0 Å². The quantitative estimate of drug-likeness (QED) is 0.735. The Labute approximate surface area is 97.4 Å². The van der Waals surface area contributed by atoms with Crippen LogP contribution in [0.5, 0.6) is 0 Å². The summed E-state index contributed by atoms with van der Waals surface area (Å²) in [5.74, 6) is 0. The molecule has 0 radical (unpaired) electrons. The van der Waals surface area contributed by atoms with Gasteiger partial charge in [-0.1, -0.05) is 0 Å². The Balaban J connectivity index is 2.42. The smallest absolute Gasteiger partial charge is 0.0935 e. The standard InChI is InChI=1S/C12H13FS2/c1-8-3-4-11(14-8)12-10(5-6-13)7-9(2)15-12/h3-4,7H,5-6H2,1-2H3. The third-order valence-electron chi connectivity index (χ3n) is 2.26. The van der Waals surface area contributed by atoms with Crippen LogP contribution < -0.4 is 0 Å². The predicted molar refractivity (Wildman–Crippen MR) is 66.8 cm³/mol. The van der Waals surface area contributed by atoms with Crippen molar-refractivity contribution in [2.24, 2.45) is 0 Å². The highest BCUT2D eigenvalue weighted by molar-refractivity contribution is 7.22. The monoisotopic (exact) mass is 240 g/mol. The zero-order valence-corrected chi connectivity index (χ0v) is 10.5. The van der Waals surface area contributed by atoms with Gasteiger partial charge < -0.3 is 0 Å². The van der Waals surface area contributed by atoms with E-state index in [9.17, 15) is 4.39 Å². The summed E-state index contributed by atoms with van der Waals surface area (Å²) in [5.41, 5.74) is 1.15. The summed E-state index contributed by atoms with van der Waals surface area (Å²) >= 11 is 3.55. The largest absolute Gasteiger partial charge is 0.251 e. The van der Waals surface area contributed by atoms with E-state index in [1.807, 2.05) is 0 Å². The zero-order valence-electron chi connectivity index (χ0n) is 8.84. The lowest BCUT2D eigenvalue weighted by atomic mass is 10.1. The van der Waals surface area contributed by atoms with E-state index >= 15 is 0 Å². The van der Waals surface area contributed by atoms with Gasteiger partial charge in [-0.3, -0.25) is 4.39 Å². The van der Waals surface area contributed by atoms with Crippen molar-refractivity contribution in [1.29, 1.82) is 0 Å². The molecule has 0 fully saturated rings. The average Bonchev–Trinajstić information content (AvgIpc) is 2.73. The van der Waals surface area contributed by atoms with E-state index in [4.69, 9.17) is 0 Å². The van der Waals surface area contributed by atoms with E-state index in [1.54, 1.807) is 22.7 Å². The second kappa shape index (κ2) is 4.45. The molecule has 2 heterocycles. The molecule has 3 heteroatoms. The second-order valence-electron chi connectivity index (χ2n) is 3.56. The molecule has 0 nitrogen and oxygen atoms in total. The van der Waals surface area contributed by atoms with Crippen LogP contribution >= 0.6 is 22.7 Å². The molecule has 0 spiro atoms. The van der Waals surface area contributed by atoms with E-state index in [1.165, 1.54) is 19.5 Å². The van der Waals surface area contributed by atoms with Crippen molar-refractivity contribution in [1.82, 2.24) is 0 Å². The van der Waals surface area contributed by atoms with Gasteiger partial charge in [0.2, 0.25) is 0 Å². The Hall–Kier alpha value is -0.670. The maximum absolute atomic E-state index is 12.4. The molecule has 15 heavy (non-hydrogen) atoms. The molecule has 0 unspecified atom stereocenters. The van der Waals surface area contributed by atoms with Crippen LogP contribution in [-0.4, -0.2) is 6.67 Å². The maximum atomic E-state index is 12.4. The van der Waals surface area contributed by atoms with Crippen molar-refractivity contribution in [3.63, 3.8) is 0 Å². The lowest BCUT2D eigenvalue weighted by Gasteiger charge is -1.97.